The maximum Gasteiger partial charge on any atom is 0.229 e. The molecule has 1 unspecified atom stereocenters. The highest BCUT2D eigenvalue weighted by Crippen LogP contribution is 2.44. The lowest BCUT2D eigenvalue weighted by Crippen LogP contribution is -2.44. The topological polar surface area (TPSA) is 99.4 Å². The van der Waals surface area contributed by atoms with Gasteiger partial charge < -0.3 is 26.2 Å². The zero-order valence-corrected chi connectivity index (χ0v) is 19.0. The van der Waals surface area contributed by atoms with Crippen molar-refractivity contribution in [2.24, 2.45) is 23.5 Å². The molecule has 0 spiro atoms. The van der Waals surface area contributed by atoms with Gasteiger partial charge in [-0.2, -0.15) is 4.98 Å². The number of carbonyl (C=O) groups is 1. The van der Waals surface area contributed by atoms with Gasteiger partial charge in [0.05, 0.1) is 12.1 Å². The van der Waals surface area contributed by atoms with Gasteiger partial charge >= 0.3 is 0 Å². The number of aryl methyl sites for hydroxylation is 1. The van der Waals surface area contributed by atoms with Crippen molar-refractivity contribution < 1.29 is 9.18 Å². The van der Waals surface area contributed by atoms with Gasteiger partial charge in [-0.05, 0) is 56.0 Å². The summed E-state index contributed by atoms with van der Waals surface area (Å²) in [5.74, 6) is -0.673. The molecule has 4 atom stereocenters. The Hall–Kier alpha value is -3.20. The molecular weight excluding hydrogens is 421 g/mol. The predicted molar refractivity (Wildman–Crippen MR) is 127 cm³/mol. The summed E-state index contributed by atoms with van der Waals surface area (Å²) in [6, 6.07) is 5.88. The number of amides is 1. The van der Waals surface area contributed by atoms with Crippen LogP contribution in [0.25, 0.3) is 0 Å². The zero-order valence-electron chi connectivity index (χ0n) is 19.0. The van der Waals surface area contributed by atoms with Crippen LogP contribution in [-0.2, 0) is 4.79 Å². The van der Waals surface area contributed by atoms with E-state index in [-0.39, 0.29) is 35.5 Å². The smallest absolute Gasteiger partial charge is 0.229 e. The van der Waals surface area contributed by atoms with Crippen LogP contribution in [0.2, 0.25) is 0 Å². The number of nitrogens with two attached hydrogens (primary N) is 1. The first kappa shape index (κ1) is 21.6. The second-order valence-electron chi connectivity index (χ2n) is 9.35. The van der Waals surface area contributed by atoms with Gasteiger partial charge in [-0.3, -0.25) is 4.79 Å². The summed E-state index contributed by atoms with van der Waals surface area (Å²) in [7, 11) is 2.14. The lowest BCUT2D eigenvalue weighted by atomic mass is 9.88. The van der Waals surface area contributed by atoms with Crippen LogP contribution in [0.5, 0.6) is 0 Å². The summed E-state index contributed by atoms with van der Waals surface area (Å²) in [4.78, 5) is 25.2. The summed E-state index contributed by atoms with van der Waals surface area (Å²) >= 11 is 0. The Morgan fingerprint density at radius 1 is 1.18 bits per heavy atom. The summed E-state index contributed by atoms with van der Waals surface area (Å²) in [6.45, 7) is 6.20. The number of benzene rings is 1. The van der Waals surface area contributed by atoms with Crippen LogP contribution < -0.4 is 21.3 Å². The van der Waals surface area contributed by atoms with Crippen LogP contribution in [0.3, 0.4) is 0 Å². The van der Waals surface area contributed by atoms with Crippen molar-refractivity contribution in [2.75, 3.05) is 48.8 Å². The quantitative estimate of drug-likeness (QED) is 0.581. The minimum Gasteiger partial charge on any atom is -0.369 e. The standard InChI is InChI=1S/C24H30FN7O/c1-14-11-17(5-6-19(14)32-9-7-31(2)8-10-32)28-24-27-13-18(25)23(30-24)29-21-16-4-3-15(12-16)20(21)22(26)33/h3-6,11,13,15-16,20-21H,7-10,12H2,1-2H3,(H2,26,33)(H2,27,28,29,30)/t15-,16+,20+,21?/m1/s1. The molecular formula is C24H30FN7O. The molecule has 174 valence electrons. The highest BCUT2D eigenvalue weighted by atomic mass is 19.1. The molecule has 2 bridgehead atoms. The van der Waals surface area contributed by atoms with Crippen LogP contribution in [0, 0.1) is 30.5 Å². The zero-order chi connectivity index (χ0) is 23.1. The number of anilines is 4. The van der Waals surface area contributed by atoms with E-state index < -0.39 is 5.82 Å². The number of hydrogen-bond acceptors (Lipinski definition) is 7. The molecule has 9 heteroatoms. The lowest BCUT2D eigenvalue weighted by Gasteiger charge is -2.35. The number of likely N-dealkylation sites (N-methyl/N-ethyl adjacent to an activating group) is 1. The van der Waals surface area contributed by atoms with Crippen LogP contribution in [0.15, 0.2) is 36.5 Å². The Labute approximate surface area is 193 Å². The summed E-state index contributed by atoms with van der Waals surface area (Å²) in [6.07, 6.45) is 6.11. The Morgan fingerprint density at radius 3 is 2.67 bits per heavy atom. The summed E-state index contributed by atoms with van der Waals surface area (Å²) in [5, 5.41) is 6.32. The van der Waals surface area contributed by atoms with Crippen molar-refractivity contribution in [1.29, 1.82) is 0 Å². The van der Waals surface area contributed by atoms with Gasteiger partial charge in [-0.25, -0.2) is 9.37 Å². The van der Waals surface area contributed by atoms with Gasteiger partial charge in [0.25, 0.3) is 0 Å². The van der Waals surface area contributed by atoms with Crippen molar-refractivity contribution in [1.82, 2.24) is 14.9 Å². The van der Waals surface area contributed by atoms with Crippen molar-refractivity contribution in [3.05, 3.63) is 47.9 Å². The third-order valence-corrected chi connectivity index (χ3v) is 7.13. The van der Waals surface area contributed by atoms with Crippen LogP contribution in [-0.4, -0.2) is 60.0 Å². The molecule has 1 aliphatic heterocycles. The molecule has 1 amide bonds. The Balaban J connectivity index is 1.31. The van der Waals surface area contributed by atoms with E-state index in [2.05, 4.69) is 62.6 Å². The van der Waals surface area contributed by atoms with E-state index in [1.54, 1.807) is 0 Å². The molecule has 1 aromatic carbocycles. The monoisotopic (exact) mass is 451 g/mol. The SMILES string of the molecule is Cc1cc(Nc2ncc(F)c(NC3[C@@H](C(N)=O)[C@@H]4C=C[C@H]3C4)n2)ccc1N1CCN(C)CC1. The number of fused-ring (bicyclic) bond motifs is 2. The third-order valence-electron chi connectivity index (χ3n) is 7.13. The summed E-state index contributed by atoms with van der Waals surface area (Å²) < 4.78 is 14.5. The predicted octanol–water partition coefficient (Wildman–Crippen LogP) is 2.51. The lowest BCUT2D eigenvalue weighted by molar-refractivity contribution is -0.122. The maximum absolute atomic E-state index is 14.5. The van der Waals surface area contributed by atoms with Crippen LogP contribution >= 0.6 is 0 Å². The molecule has 5 rings (SSSR count). The molecule has 2 aliphatic carbocycles. The molecule has 3 aliphatic rings. The minimum absolute atomic E-state index is 0.0791. The molecule has 1 saturated heterocycles. The van der Waals surface area contributed by atoms with Gasteiger partial charge in [0.1, 0.15) is 0 Å². The van der Waals surface area contributed by atoms with E-state index in [0.29, 0.717) is 5.95 Å². The number of rotatable bonds is 6. The number of allylic oxidation sites excluding steroid dienone is 1. The molecule has 8 nitrogen and oxygen atoms in total. The normalized spacial score (nSPS) is 26.6. The van der Waals surface area contributed by atoms with Crippen molar-refractivity contribution in [2.45, 2.75) is 19.4 Å². The molecule has 2 aromatic rings. The second kappa shape index (κ2) is 8.62. The molecule has 33 heavy (non-hydrogen) atoms. The van der Waals surface area contributed by atoms with Gasteiger partial charge in [0.2, 0.25) is 11.9 Å². The number of primary amides is 1. The number of halogens is 1. The highest BCUT2D eigenvalue weighted by molar-refractivity contribution is 5.79. The second-order valence-corrected chi connectivity index (χ2v) is 9.35. The molecule has 2 heterocycles. The van der Waals surface area contributed by atoms with Crippen molar-refractivity contribution in [3.8, 4) is 0 Å². The molecule has 4 N–H and O–H groups in total. The Kier molecular flexibility index (Phi) is 5.65. The fourth-order valence-corrected chi connectivity index (χ4v) is 5.36. The number of nitrogens with one attached hydrogen (secondary N) is 2. The largest absolute Gasteiger partial charge is 0.369 e. The molecule has 1 saturated carbocycles. The first-order valence-corrected chi connectivity index (χ1v) is 11.5. The van der Waals surface area contributed by atoms with E-state index in [4.69, 9.17) is 5.73 Å². The maximum atomic E-state index is 14.5. The van der Waals surface area contributed by atoms with Crippen molar-refractivity contribution >= 4 is 29.0 Å². The average molecular weight is 452 g/mol. The fraction of sp³-hybridized carbons (Fsp3) is 0.458. The third kappa shape index (κ3) is 4.25. The number of piperazine rings is 1. The molecule has 0 radical (unpaired) electrons. The number of hydrogen-bond donors (Lipinski definition) is 3. The van der Waals surface area contributed by atoms with Gasteiger partial charge in [-0.1, -0.05) is 12.2 Å². The number of nitrogens with zero attached hydrogens (tertiary/aromatic N) is 4. The van der Waals surface area contributed by atoms with Gasteiger partial charge in [-0.15, -0.1) is 0 Å². The Morgan fingerprint density at radius 2 is 1.94 bits per heavy atom. The van der Waals surface area contributed by atoms with E-state index in [1.165, 1.54) is 5.69 Å². The van der Waals surface area contributed by atoms with E-state index >= 15 is 0 Å². The number of carbonyl (C=O) groups excluding carboxylic acids is 1. The van der Waals surface area contributed by atoms with E-state index in [0.717, 1.165) is 50.0 Å². The first-order chi connectivity index (χ1) is 15.9. The minimum atomic E-state index is -0.558. The van der Waals surface area contributed by atoms with E-state index in [1.807, 2.05) is 12.1 Å². The Bertz CT molecular complexity index is 1080. The molecule has 1 aromatic heterocycles. The van der Waals surface area contributed by atoms with Crippen molar-refractivity contribution in [3.63, 3.8) is 0 Å². The summed E-state index contributed by atoms with van der Waals surface area (Å²) in [5.41, 5.74) is 8.84. The van der Waals surface area contributed by atoms with Crippen LogP contribution in [0.4, 0.5) is 27.5 Å². The highest BCUT2D eigenvalue weighted by Gasteiger charge is 2.47. The average Bonchev–Trinajstić information content (AvgIpc) is 3.39. The first-order valence-electron chi connectivity index (χ1n) is 11.5. The van der Waals surface area contributed by atoms with E-state index in [9.17, 15) is 9.18 Å². The molecule has 2 fully saturated rings. The fourth-order valence-electron chi connectivity index (χ4n) is 5.36. The van der Waals surface area contributed by atoms with Gasteiger partial charge in [0.15, 0.2) is 11.6 Å². The van der Waals surface area contributed by atoms with Gasteiger partial charge in [0, 0.05) is 43.6 Å². The van der Waals surface area contributed by atoms with Crippen LogP contribution in [0.1, 0.15) is 12.0 Å². The number of aromatic nitrogens is 2.